The molecule has 0 saturated carbocycles. The van der Waals surface area contributed by atoms with Crippen LogP contribution in [0, 0.1) is 5.82 Å². The van der Waals surface area contributed by atoms with Crippen molar-refractivity contribution in [1.82, 2.24) is 19.8 Å². The fourth-order valence-corrected chi connectivity index (χ4v) is 9.15. The molecule has 5 N–H and O–H groups in total. The summed E-state index contributed by atoms with van der Waals surface area (Å²) in [7, 11) is 1.72. The van der Waals surface area contributed by atoms with Crippen LogP contribution in [0.4, 0.5) is 15.2 Å². The first kappa shape index (κ1) is 35.0. The van der Waals surface area contributed by atoms with Gasteiger partial charge in [-0.25, -0.2) is 19.0 Å². The molecule has 0 radical (unpaired) electrons. The number of carboxylic acids is 2. The summed E-state index contributed by atoms with van der Waals surface area (Å²) in [4.78, 5) is 62.4. The number of quaternary nitrogens is 1. The van der Waals surface area contributed by atoms with Crippen LogP contribution in [0.2, 0.25) is 0 Å². The van der Waals surface area contributed by atoms with E-state index < -0.39 is 56.9 Å². The number of halogens is 1. The van der Waals surface area contributed by atoms with Crippen molar-refractivity contribution in [2.45, 2.75) is 24.9 Å². The number of carbonyl (C=O) groups excluding carboxylic acids is 1. The molecule has 3 aliphatic rings. The summed E-state index contributed by atoms with van der Waals surface area (Å²) in [6.45, 7) is 4.47. The number of likely N-dealkylation sites (N-methyl/N-ethyl adjacent to an activating group) is 1. The Hall–Kier alpha value is -4.88. The van der Waals surface area contributed by atoms with Crippen molar-refractivity contribution in [3.8, 4) is 0 Å². The number of fused-ring (bicyclic) bond motifs is 2. The molecule has 2 fully saturated rings. The predicted octanol–water partition coefficient (Wildman–Crippen LogP) is 0.442. The van der Waals surface area contributed by atoms with Crippen molar-refractivity contribution < 1.29 is 42.5 Å². The molecule has 0 aliphatic carbocycles. The zero-order chi connectivity index (χ0) is 36.1. The Labute approximate surface area is 291 Å². The van der Waals surface area contributed by atoms with Crippen molar-refractivity contribution in [2.75, 3.05) is 69.8 Å². The Morgan fingerprint density at radius 3 is 2.56 bits per heavy atom. The van der Waals surface area contributed by atoms with Gasteiger partial charge in [-0.1, -0.05) is 5.16 Å². The number of nitrogens with zero attached hydrogens (tertiary/aromatic N) is 6. The maximum atomic E-state index is 15.5. The molecule has 6 rings (SSSR count). The number of aromatic carboxylic acids is 1. The van der Waals surface area contributed by atoms with E-state index in [4.69, 9.17) is 10.6 Å². The highest BCUT2D eigenvalue weighted by Crippen LogP contribution is 2.35. The summed E-state index contributed by atoms with van der Waals surface area (Å²) in [6, 6.07) is 2.05. The van der Waals surface area contributed by atoms with Gasteiger partial charge in [0.25, 0.3) is 5.91 Å². The minimum absolute atomic E-state index is 0.0108. The lowest BCUT2D eigenvalue weighted by molar-refractivity contribution is -0.905. The predicted molar refractivity (Wildman–Crippen MR) is 184 cm³/mol. The molecule has 0 spiro atoms. The zero-order valence-electron chi connectivity index (χ0n) is 27.4. The van der Waals surface area contributed by atoms with Crippen molar-refractivity contribution >= 4 is 67.4 Å². The normalized spacial score (nSPS) is 21.8. The lowest BCUT2D eigenvalue weighted by atomic mass is 10.0. The molecule has 1 amide bonds. The number of anilines is 2. The summed E-state index contributed by atoms with van der Waals surface area (Å²) in [5, 5.41) is 27.3. The van der Waals surface area contributed by atoms with Crippen molar-refractivity contribution in [3.05, 3.63) is 62.3 Å². The third kappa shape index (κ3) is 6.31. The van der Waals surface area contributed by atoms with E-state index in [1.165, 1.54) is 13.3 Å². The van der Waals surface area contributed by atoms with E-state index in [0.717, 1.165) is 17.4 Å². The van der Waals surface area contributed by atoms with Gasteiger partial charge in [0.05, 0.1) is 67.0 Å². The fourth-order valence-electron chi connectivity index (χ4n) is 6.86. The number of oxime groups is 1. The molecular weight excluding hydrogens is 696 g/mol. The zero-order valence-corrected chi connectivity index (χ0v) is 29.1. The first-order valence-electron chi connectivity index (χ1n) is 15.7. The molecule has 3 aliphatic heterocycles. The largest absolute Gasteiger partial charge is 0.477 e. The highest BCUT2D eigenvalue weighted by atomic mass is 32.2. The number of thiazole rings is 1. The summed E-state index contributed by atoms with van der Waals surface area (Å²) in [6.07, 6.45) is 1.27. The molecule has 2 saturated heterocycles. The number of aliphatic carboxylic acids is 1. The number of hydrogen-bond acceptors (Lipinski definition) is 12. The smallest absolute Gasteiger partial charge is 0.352 e. The second-order valence-electron chi connectivity index (χ2n) is 12.6. The summed E-state index contributed by atoms with van der Waals surface area (Å²) >= 11 is 1.13. The van der Waals surface area contributed by atoms with Gasteiger partial charge in [-0.05, 0) is 19.1 Å². The highest BCUT2D eigenvalue weighted by Gasteiger charge is 2.51. The van der Waals surface area contributed by atoms with Gasteiger partial charge >= 0.3 is 11.9 Å². The maximum absolute atomic E-state index is 15.5. The lowest BCUT2D eigenvalue weighted by Crippen LogP contribution is -2.71. The van der Waals surface area contributed by atoms with Crippen molar-refractivity contribution in [1.29, 1.82) is 0 Å². The van der Waals surface area contributed by atoms with E-state index in [2.05, 4.69) is 15.5 Å². The van der Waals surface area contributed by atoms with Crippen LogP contribution in [0.15, 0.2) is 44.9 Å². The van der Waals surface area contributed by atoms with Gasteiger partial charge < -0.3 is 45.0 Å². The Bertz CT molecular complexity index is 2050. The van der Waals surface area contributed by atoms with Crippen molar-refractivity contribution in [3.63, 3.8) is 0 Å². The number of amides is 1. The molecule has 266 valence electrons. The monoisotopic (exact) mass is 731 g/mol. The Morgan fingerprint density at radius 2 is 1.96 bits per heavy atom. The number of rotatable bonds is 10. The second kappa shape index (κ2) is 13.4. The molecule has 2 aromatic heterocycles. The van der Waals surface area contributed by atoms with Crippen LogP contribution in [0.25, 0.3) is 10.9 Å². The van der Waals surface area contributed by atoms with E-state index in [0.29, 0.717) is 54.8 Å². The van der Waals surface area contributed by atoms with Crippen LogP contribution in [0.1, 0.15) is 23.0 Å². The van der Waals surface area contributed by atoms with Gasteiger partial charge in [0, 0.05) is 35.6 Å². The van der Waals surface area contributed by atoms with Crippen LogP contribution < -0.4 is 21.4 Å². The highest BCUT2D eigenvalue weighted by molar-refractivity contribution is 7.86. The van der Waals surface area contributed by atoms with Crippen LogP contribution in [0.3, 0.4) is 0 Å². The number of nitrogen functional groups attached to an aromatic ring is 1. The molecule has 0 bridgehead atoms. The molecule has 16 nitrogen and oxygen atoms in total. The molecule has 3 atom stereocenters. The van der Waals surface area contributed by atoms with Crippen LogP contribution in [-0.2, 0) is 31.8 Å². The fraction of sp³-hybridized carbons (Fsp3) is 0.419. The van der Waals surface area contributed by atoms with Gasteiger partial charge in [0.2, 0.25) is 5.43 Å². The van der Waals surface area contributed by atoms with E-state index in [9.17, 15) is 33.6 Å². The minimum atomic E-state index is -1.53. The number of nitrogens with two attached hydrogens (primary N) is 1. The van der Waals surface area contributed by atoms with Crippen molar-refractivity contribution in [2.24, 2.45) is 5.16 Å². The average molecular weight is 732 g/mol. The third-order valence-electron chi connectivity index (χ3n) is 9.39. The molecular formula is C31H36FN8O8S2+. The number of carboxylic acid groups (broad SMARTS) is 2. The molecule has 50 heavy (non-hydrogen) atoms. The van der Waals surface area contributed by atoms with Crippen LogP contribution in [-0.4, -0.2) is 128 Å². The van der Waals surface area contributed by atoms with Gasteiger partial charge in [0.1, 0.15) is 41.8 Å². The third-order valence-corrected chi connectivity index (χ3v) is 11.8. The number of piperazine rings is 1. The van der Waals surface area contributed by atoms with Crippen LogP contribution in [0.5, 0.6) is 0 Å². The topological polar surface area (TPSA) is 210 Å². The first-order chi connectivity index (χ1) is 23.7. The lowest BCUT2D eigenvalue weighted by Gasteiger charge is -2.52. The molecule has 1 unspecified atom stereocenters. The van der Waals surface area contributed by atoms with E-state index in [-0.39, 0.29) is 45.6 Å². The number of hydrogen-bond donors (Lipinski definition) is 4. The van der Waals surface area contributed by atoms with E-state index in [1.54, 1.807) is 27.8 Å². The second-order valence-corrected chi connectivity index (χ2v) is 15.0. The number of aryl methyl sites for hydroxylation is 1. The van der Waals surface area contributed by atoms with Gasteiger partial charge in [-0.3, -0.25) is 13.8 Å². The molecule has 3 aromatic rings. The van der Waals surface area contributed by atoms with E-state index in [1.807, 2.05) is 11.9 Å². The number of pyridine rings is 1. The SMILES string of the molecule is CCn1cc(C(=O)O)c(=O)c2cc(F)c(N3CC[N+](C)(CC4=C(C(=O)O)N5C[C@@H](NC(=O)/C(=N\OC)c6csc(N)n6)[C@H]5S(=O)C4)CC3)cc21. The van der Waals surface area contributed by atoms with E-state index >= 15 is 4.39 Å². The first-order valence-corrected chi connectivity index (χ1v) is 17.9. The van der Waals surface area contributed by atoms with Crippen LogP contribution >= 0.6 is 11.3 Å². The standard InChI is InChI=1S/C31H35FN8O8S2/c1-4-37-11-18(29(43)44)26(41)17-9-19(32)23(10-22(17)37)38-5-7-40(2,8-6-38)13-16-15-50(47)28-20(12-39(28)25(16)30(45)46)34-27(42)24(36-48-3)21-14-49-31(33)35-21/h9-11,14,20,28H,4-8,12-13,15H2,1-3H3,(H4-,33,34,35,42,43,44,45,46)/p+1/b36-24-/t20-,28-,50?/m1/s1. The quantitative estimate of drug-likeness (QED) is 0.127. The minimum Gasteiger partial charge on any atom is -0.477 e. The maximum Gasteiger partial charge on any atom is 0.352 e. The number of benzene rings is 1. The summed E-state index contributed by atoms with van der Waals surface area (Å²) < 4.78 is 31.0. The number of aromatic nitrogens is 2. The van der Waals surface area contributed by atoms with Gasteiger partial charge in [-0.2, -0.15) is 0 Å². The number of nitrogens with one attached hydrogen (secondary N) is 1. The summed E-state index contributed by atoms with van der Waals surface area (Å²) in [5.74, 6) is -3.78. The Morgan fingerprint density at radius 1 is 1.24 bits per heavy atom. The molecule has 1 aromatic carbocycles. The average Bonchev–Trinajstić information content (AvgIpc) is 3.48. The van der Waals surface area contributed by atoms with Gasteiger partial charge in [0.15, 0.2) is 10.8 Å². The molecule has 5 heterocycles. The Balaban J connectivity index is 1.17. The number of carbonyl (C=O) groups is 3. The van der Waals surface area contributed by atoms with Gasteiger partial charge in [-0.15, -0.1) is 11.3 Å². The summed E-state index contributed by atoms with van der Waals surface area (Å²) in [5.41, 5.74) is 5.95. The molecule has 19 heteroatoms. The Kier molecular flexibility index (Phi) is 9.40.